The molecule has 0 aliphatic heterocycles. The van der Waals surface area contributed by atoms with E-state index in [1.54, 1.807) is 31.6 Å². The summed E-state index contributed by atoms with van der Waals surface area (Å²) >= 11 is 3.44. The molecule has 3 N–H and O–H groups in total. The lowest BCUT2D eigenvalue weighted by Gasteiger charge is -2.22. The number of carbonyl (C=O) groups is 1. The summed E-state index contributed by atoms with van der Waals surface area (Å²) in [6, 6.07) is 13.3. The molecule has 1 aromatic carbocycles. The van der Waals surface area contributed by atoms with Crippen LogP contribution in [0.3, 0.4) is 0 Å². The van der Waals surface area contributed by atoms with Gasteiger partial charge in [-0.1, -0.05) is 28.1 Å². The molecule has 2 atom stereocenters. The average molecular weight is 497 g/mol. The van der Waals surface area contributed by atoms with E-state index in [9.17, 15) is 4.79 Å². The topological polar surface area (TPSA) is 99.4 Å². The van der Waals surface area contributed by atoms with E-state index in [1.165, 1.54) is 0 Å². The zero-order valence-corrected chi connectivity index (χ0v) is 19.3. The maximum absolute atomic E-state index is 13.0. The van der Waals surface area contributed by atoms with Gasteiger partial charge >= 0.3 is 0 Å². The Kier molecular flexibility index (Phi) is 7.02. The van der Waals surface area contributed by atoms with Crippen LogP contribution in [0.5, 0.6) is 5.88 Å². The molecule has 1 fully saturated rings. The molecule has 3 aromatic rings. The number of nitrogen functional groups attached to an aromatic ring is 1. The first kappa shape index (κ1) is 22.2. The number of anilines is 1. The molecule has 4 rings (SSSR count). The molecule has 0 spiro atoms. The number of hydrogen-bond donors (Lipinski definition) is 2. The minimum atomic E-state index is -0.248. The van der Waals surface area contributed by atoms with Crippen molar-refractivity contribution in [3.8, 4) is 17.0 Å². The van der Waals surface area contributed by atoms with Crippen LogP contribution in [0.2, 0.25) is 0 Å². The molecular formula is C24H25BrN4O3. The second-order valence-electron chi connectivity index (χ2n) is 7.73. The van der Waals surface area contributed by atoms with Crippen molar-refractivity contribution in [1.29, 1.82) is 0 Å². The smallest absolute Gasteiger partial charge is 0.255 e. The third-order valence-corrected chi connectivity index (χ3v) is 6.12. The number of nitrogens with zero attached hydrogens (tertiary/aromatic N) is 2. The summed E-state index contributed by atoms with van der Waals surface area (Å²) in [6.07, 6.45) is 6.05. The molecular weight excluding hydrogens is 472 g/mol. The molecule has 1 aliphatic rings. The quantitative estimate of drug-likeness (QED) is 0.503. The van der Waals surface area contributed by atoms with Crippen molar-refractivity contribution in [3.63, 3.8) is 0 Å². The highest BCUT2D eigenvalue weighted by molar-refractivity contribution is 9.10. The summed E-state index contributed by atoms with van der Waals surface area (Å²) in [5, 5.41) is 3.10. The minimum absolute atomic E-state index is 0.0363. The molecule has 0 bridgehead atoms. The van der Waals surface area contributed by atoms with E-state index in [4.69, 9.17) is 15.2 Å². The number of aromatic nitrogens is 2. The number of benzene rings is 1. The maximum atomic E-state index is 13.0. The molecule has 8 heteroatoms. The third kappa shape index (κ3) is 5.26. The van der Waals surface area contributed by atoms with E-state index >= 15 is 0 Å². The Morgan fingerprint density at radius 1 is 1.12 bits per heavy atom. The van der Waals surface area contributed by atoms with E-state index < -0.39 is 0 Å². The molecule has 2 heterocycles. The number of carbonyl (C=O) groups excluding carboxylic acids is 1. The Morgan fingerprint density at radius 2 is 1.91 bits per heavy atom. The Hall–Kier alpha value is -2.97. The van der Waals surface area contributed by atoms with Crippen LogP contribution in [0.1, 0.15) is 35.2 Å². The summed E-state index contributed by atoms with van der Waals surface area (Å²) in [5.74, 6) is 0.464. The van der Waals surface area contributed by atoms with Crippen LogP contribution >= 0.6 is 15.9 Å². The molecule has 7 nitrogen and oxygen atoms in total. The number of methoxy groups -OCH3 is 1. The molecule has 1 saturated carbocycles. The summed E-state index contributed by atoms with van der Waals surface area (Å²) in [7, 11) is 1.56. The van der Waals surface area contributed by atoms with Gasteiger partial charge in [0.1, 0.15) is 5.82 Å². The van der Waals surface area contributed by atoms with Crippen LogP contribution in [0.15, 0.2) is 59.3 Å². The maximum Gasteiger partial charge on any atom is 0.255 e. The van der Waals surface area contributed by atoms with Crippen molar-refractivity contribution < 1.29 is 14.3 Å². The monoisotopic (exact) mass is 496 g/mol. The highest BCUT2D eigenvalue weighted by atomic mass is 79.9. The van der Waals surface area contributed by atoms with Gasteiger partial charge in [-0.25, -0.2) is 9.97 Å². The van der Waals surface area contributed by atoms with Crippen LogP contribution in [0.4, 0.5) is 5.82 Å². The van der Waals surface area contributed by atoms with Crippen molar-refractivity contribution in [3.05, 3.63) is 70.5 Å². The normalized spacial score (nSPS) is 17.8. The number of halogens is 1. The predicted molar refractivity (Wildman–Crippen MR) is 126 cm³/mol. The molecule has 0 unspecified atom stereocenters. The predicted octanol–water partition coefficient (Wildman–Crippen LogP) is 4.36. The zero-order chi connectivity index (χ0) is 22.5. The van der Waals surface area contributed by atoms with E-state index in [0.29, 0.717) is 18.1 Å². The summed E-state index contributed by atoms with van der Waals surface area (Å²) in [6.45, 7) is 0.508. The Bertz CT molecular complexity index is 1070. The molecule has 1 aliphatic carbocycles. The van der Waals surface area contributed by atoms with Gasteiger partial charge in [0, 0.05) is 34.1 Å². The number of nitrogens with one attached hydrogen (secondary N) is 1. The number of rotatable bonds is 7. The van der Waals surface area contributed by atoms with E-state index in [-0.39, 0.29) is 23.9 Å². The van der Waals surface area contributed by atoms with Crippen LogP contribution in [-0.2, 0) is 11.3 Å². The minimum Gasteiger partial charge on any atom is -0.481 e. The summed E-state index contributed by atoms with van der Waals surface area (Å²) < 4.78 is 12.3. The summed E-state index contributed by atoms with van der Waals surface area (Å²) in [5.41, 5.74) is 9.05. The van der Waals surface area contributed by atoms with E-state index in [2.05, 4.69) is 31.2 Å². The molecule has 166 valence electrons. The zero-order valence-electron chi connectivity index (χ0n) is 17.8. The first-order valence-electron chi connectivity index (χ1n) is 10.5. The second kappa shape index (κ2) is 10.1. The van der Waals surface area contributed by atoms with Gasteiger partial charge in [-0.2, -0.15) is 0 Å². The number of pyridine rings is 2. The van der Waals surface area contributed by atoms with Gasteiger partial charge in [0.15, 0.2) is 0 Å². The molecule has 0 radical (unpaired) electrons. The fourth-order valence-corrected chi connectivity index (χ4v) is 4.07. The fraction of sp³-hybridized carbons (Fsp3) is 0.292. The molecule has 2 aromatic heterocycles. The second-order valence-corrected chi connectivity index (χ2v) is 8.65. The van der Waals surface area contributed by atoms with Crippen molar-refractivity contribution in [1.82, 2.24) is 15.3 Å². The lowest BCUT2D eigenvalue weighted by molar-refractivity contribution is 0.0272. The fourth-order valence-electron chi connectivity index (χ4n) is 3.81. The molecule has 1 amide bonds. The van der Waals surface area contributed by atoms with Gasteiger partial charge in [-0.05, 0) is 49.1 Å². The number of ether oxygens (including phenoxy) is 2. The van der Waals surface area contributed by atoms with Crippen molar-refractivity contribution in [2.24, 2.45) is 0 Å². The SMILES string of the molecule is COc1ccc(-c2cnc(N)c(C(=O)N[C@H]3CCC[C@@H]3OCc3ccc(Br)cc3)c2)cn1. The number of amides is 1. The van der Waals surface area contributed by atoms with Crippen LogP contribution in [-0.4, -0.2) is 35.1 Å². The van der Waals surface area contributed by atoms with Crippen LogP contribution < -0.4 is 15.8 Å². The van der Waals surface area contributed by atoms with Crippen LogP contribution in [0.25, 0.3) is 11.1 Å². The molecule has 0 saturated heterocycles. The Labute approximate surface area is 195 Å². The first-order valence-corrected chi connectivity index (χ1v) is 11.3. The average Bonchev–Trinajstić information content (AvgIpc) is 3.26. The Balaban J connectivity index is 1.43. The highest BCUT2D eigenvalue weighted by Crippen LogP contribution is 2.26. The van der Waals surface area contributed by atoms with E-state index in [0.717, 1.165) is 40.4 Å². The molecule has 32 heavy (non-hydrogen) atoms. The number of hydrogen-bond acceptors (Lipinski definition) is 6. The third-order valence-electron chi connectivity index (χ3n) is 5.59. The summed E-state index contributed by atoms with van der Waals surface area (Å²) in [4.78, 5) is 21.5. The largest absolute Gasteiger partial charge is 0.481 e. The highest BCUT2D eigenvalue weighted by Gasteiger charge is 2.30. The van der Waals surface area contributed by atoms with Crippen molar-refractivity contribution >= 4 is 27.7 Å². The lowest BCUT2D eigenvalue weighted by Crippen LogP contribution is -2.41. The van der Waals surface area contributed by atoms with Crippen LogP contribution in [0, 0.1) is 0 Å². The van der Waals surface area contributed by atoms with E-state index in [1.807, 2.05) is 30.3 Å². The standard InChI is InChI=1S/C24H25BrN4O3/c1-31-22-10-7-16(12-27-22)17-11-19(23(26)28-13-17)24(30)29-20-3-2-4-21(20)32-14-15-5-8-18(25)9-6-15/h5-13,20-21H,2-4,14H2,1H3,(H2,26,28)(H,29,30)/t20-,21-/m0/s1. The van der Waals surface area contributed by atoms with Crippen molar-refractivity contribution in [2.75, 3.05) is 12.8 Å². The Morgan fingerprint density at radius 3 is 2.62 bits per heavy atom. The van der Waals surface area contributed by atoms with Gasteiger partial charge in [-0.15, -0.1) is 0 Å². The van der Waals surface area contributed by atoms with Gasteiger partial charge in [-0.3, -0.25) is 4.79 Å². The van der Waals surface area contributed by atoms with Gasteiger partial charge < -0.3 is 20.5 Å². The van der Waals surface area contributed by atoms with Crippen molar-refractivity contribution in [2.45, 2.75) is 38.0 Å². The number of nitrogens with two attached hydrogens (primary N) is 1. The lowest BCUT2D eigenvalue weighted by atomic mass is 10.1. The van der Waals surface area contributed by atoms with Gasteiger partial charge in [0.2, 0.25) is 5.88 Å². The van der Waals surface area contributed by atoms with Gasteiger partial charge in [0.25, 0.3) is 5.91 Å². The van der Waals surface area contributed by atoms with Gasteiger partial charge in [0.05, 0.1) is 31.4 Å². The first-order chi connectivity index (χ1) is 15.5.